The number of fused-ring (bicyclic) bond motifs is 1. The molecule has 2 aliphatic heterocycles. The second-order valence-corrected chi connectivity index (χ2v) is 6.63. The zero-order valence-corrected chi connectivity index (χ0v) is 16.6. The molecule has 0 saturated carbocycles. The molecule has 2 aliphatic rings. The number of carbonyl (C=O) groups excluding carboxylic acids is 3. The Kier molecular flexibility index (Phi) is 4.86. The van der Waals surface area contributed by atoms with Crippen LogP contribution in [0.5, 0.6) is 11.5 Å². The van der Waals surface area contributed by atoms with Crippen LogP contribution in [0, 0.1) is 5.92 Å². The number of carbonyl (C=O) groups is 3. The summed E-state index contributed by atoms with van der Waals surface area (Å²) in [5.74, 6) is -1.92. The van der Waals surface area contributed by atoms with E-state index in [9.17, 15) is 14.4 Å². The number of hydrazone groups is 1. The number of hydrogen-bond acceptors (Lipinski definition) is 8. The fraction of sp³-hybridized carbons (Fsp3) is 0.238. The molecule has 0 unspecified atom stereocenters. The van der Waals surface area contributed by atoms with Crippen LogP contribution in [0.15, 0.2) is 53.6 Å². The quantitative estimate of drug-likeness (QED) is 0.547. The largest absolute Gasteiger partial charge is 0.497 e. The minimum absolute atomic E-state index is 0.117. The molecular formula is C21H19N3O6. The number of amides is 2. The molecular weight excluding hydrogens is 390 g/mol. The molecule has 2 aromatic rings. The Balaban J connectivity index is 1.80. The molecule has 0 aromatic heterocycles. The van der Waals surface area contributed by atoms with E-state index in [2.05, 4.69) is 5.10 Å². The van der Waals surface area contributed by atoms with Crippen molar-refractivity contribution in [1.82, 2.24) is 0 Å². The number of benzene rings is 2. The van der Waals surface area contributed by atoms with Crippen molar-refractivity contribution in [3.63, 3.8) is 0 Å². The SMILES string of the molecule is COC(=O)C1=NN(c2ccc(OC)cc2)[C@@H]2C(=O)N(c3ccccc3OC)C(=O)[C@@H]12. The zero-order valence-electron chi connectivity index (χ0n) is 16.6. The molecule has 9 nitrogen and oxygen atoms in total. The van der Waals surface area contributed by atoms with Gasteiger partial charge in [0.25, 0.3) is 5.91 Å². The monoisotopic (exact) mass is 409 g/mol. The van der Waals surface area contributed by atoms with Crippen molar-refractivity contribution in [1.29, 1.82) is 0 Å². The lowest BCUT2D eigenvalue weighted by atomic mass is 9.98. The molecule has 0 N–H and O–H groups in total. The van der Waals surface area contributed by atoms with Crippen molar-refractivity contribution >= 4 is 34.9 Å². The molecule has 1 fully saturated rings. The molecule has 9 heteroatoms. The van der Waals surface area contributed by atoms with E-state index in [1.54, 1.807) is 55.6 Å². The minimum Gasteiger partial charge on any atom is -0.497 e. The lowest BCUT2D eigenvalue weighted by Gasteiger charge is -2.23. The first kappa shape index (κ1) is 19.4. The molecule has 1 saturated heterocycles. The highest BCUT2D eigenvalue weighted by molar-refractivity contribution is 6.47. The van der Waals surface area contributed by atoms with Crippen molar-refractivity contribution in [2.45, 2.75) is 6.04 Å². The third kappa shape index (κ3) is 2.86. The maximum absolute atomic E-state index is 13.4. The first-order valence-electron chi connectivity index (χ1n) is 9.12. The summed E-state index contributed by atoms with van der Waals surface area (Å²) in [7, 11) is 4.20. The Labute approximate surface area is 172 Å². The van der Waals surface area contributed by atoms with E-state index >= 15 is 0 Å². The Morgan fingerprint density at radius 2 is 1.63 bits per heavy atom. The molecule has 154 valence electrons. The van der Waals surface area contributed by atoms with Crippen LogP contribution in [-0.4, -0.2) is 50.9 Å². The third-order valence-corrected chi connectivity index (χ3v) is 5.11. The minimum atomic E-state index is -1.09. The van der Waals surface area contributed by atoms with Gasteiger partial charge >= 0.3 is 5.97 Å². The number of anilines is 2. The predicted octanol–water partition coefficient (Wildman–Crippen LogP) is 1.61. The van der Waals surface area contributed by atoms with Crippen LogP contribution in [0.3, 0.4) is 0 Å². The molecule has 0 spiro atoms. The van der Waals surface area contributed by atoms with Gasteiger partial charge in [-0.05, 0) is 36.4 Å². The molecule has 2 amide bonds. The van der Waals surface area contributed by atoms with Crippen molar-refractivity contribution in [3.05, 3.63) is 48.5 Å². The molecule has 30 heavy (non-hydrogen) atoms. The highest BCUT2D eigenvalue weighted by Crippen LogP contribution is 2.40. The first-order valence-corrected chi connectivity index (χ1v) is 9.12. The Hall–Kier alpha value is -3.88. The van der Waals surface area contributed by atoms with Crippen molar-refractivity contribution < 1.29 is 28.6 Å². The van der Waals surface area contributed by atoms with Crippen molar-refractivity contribution in [2.75, 3.05) is 31.2 Å². The van der Waals surface area contributed by atoms with Gasteiger partial charge in [0.1, 0.15) is 23.5 Å². The third-order valence-electron chi connectivity index (χ3n) is 5.11. The van der Waals surface area contributed by atoms with Gasteiger partial charge in [0.2, 0.25) is 5.91 Å². The summed E-state index contributed by atoms with van der Waals surface area (Å²) in [4.78, 5) is 40.1. The second kappa shape index (κ2) is 7.51. The molecule has 2 atom stereocenters. The van der Waals surface area contributed by atoms with Crippen LogP contribution in [0.1, 0.15) is 0 Å². The number of esters is 1. The lowest BCUT2D eigenvalue weighted by Crippen LogP contribution is -2.39. The number of para-hydroxylation sites is 2. The summed E-state index contributed by atoms with van der Waals surface area (Å²) in [6.45, 7) is 0. The van der Waals surface area contributed by atoms with Gasteiger partial charge in [-0.1, -0.05) is 12.1 Å². The number of imide groups is 1. The van der Waals surface area contributed by atoms with Gasteiger partial charge in [0.15, 0.2) is 5.71 Å². The normalized spacial score (nSPS) is 20.2. The highest BCUT2D eigenvalue weighted by atomic mass is 16.5. The Bertz CT molecular complexity index is 1050. The fourth-order valence-corrected chi connectivity index (χ4v) is 3.69. The van der Waals surface area contributed by atoms with Crippen LogP contribution in [-0.2, 0) is 19.1 Å². The standard InChI is InChI=1S/C21H19N3O6/c1-28-13-10-8-12(9-11-13)24-18-16(17(22-24)21(27)30-3)19(25)23(20(18)26)14-6-4-5-7-15(14)29-2/h4-11,16,18H,1-3H3/t16-,18-/m0/s1. The van der Waals surface area contributed by atoms with Crippen LogP contribution in [0.4, 0.5) is 11.4 Å². The van der Waals surface area contributed by atoms with Crippen LogP contribution < -0.4 is 19.4 Å². The van der Waals surface area contributed by atoms with E-state index in [1.807, 2.05) is 0 Å². The Morgan fingerprint density at radius 1 is 0.933 bits per heavy atom. The maximum Gasteiger partial charge on any atom is 0.355 e. The molecule has 2 aromatic carbocycles. The smallest absolute Gasteiger partial charge is 0.355 e. The maximum atomic E-state index is 13.4. The summed E-state index contributed by atoms with van der Waals surface area (Å²) in [6.07, 6.45) is 0. The number of ether oxygens (including phenoxy) is 3. The predicted molar refractivity (Wildman–Crippen MR) is 108 cm³/mol. The van der Waals surface area contributed by atoms with Gasteiger partial charge in [-0.3, -0.25) is 14.6 Å². The number of nitrogens with zero attached hydrogens (tertiary/aromatic N) is 3. The van der Waals surface area contributed by atoms with Crippen LogP contribution >= 0.6 is 0 Å². The van der Waals surface area contributed by atoms with E-state index < -0.39 is 29.7 Å². The fourth-order valence-electron chi connectivity index (χ4n) is 3.69. The van der Waals surface area contributed by atoms with Crippen molar-refractivity contribution in [2.24, 2.45) is 11.0 Å². The average Bonchev–Trinajstić information content (AvgIpc) is 3.30. The summed E-state index contributed by atoms with van der Waals surface area (Å²) in [5.41, 5.74) is 0.727. The molecule has 2 heterocycles. The van der Waals surface area contributed by atoms with Gasteiger partial charge in [-0.25, -0.2) is 9.69 Å². The van der Waals surface area contributed by atoms with E-state index in [-0.39, 0.29) is 5.71 Å². The van der Waals surface area contributed by atoms with Crippen molar-refractivity contribution in [3.8, 4) is 11.5 Å². The summed E-state index contributed by atoms with van der Waals surface area (Å²) in [6, 6.07) is 12.5. The van der Waals surface area contributed by atoms with Gasteiger partial charge in [0, 0.05) is 0 Å². The molecule has 0 bridgehead atoms. The average molecular weight is 409 g/mol. The van der Waals surface area contributed by atoms with Gasteiger partial charge in [-0.2, -0.15) is 5.10 Å². The summed E-state index contributed by atoms with van der Waals surface area (Å²) >= 11 is 0. The van der Waals surface area contributed by atoms with E-state index in [4.69, 9.17) is 14.2 Å². The molecule has 0 radical (unpaired) electrons. The van der Waals surface area contributed by atoms with E-state index in [0.29, 0.717) is 22.9 Å². The summed E-state index contributed by atoms with van der Waals surface area (Å²) in [5, 5.41) is 5.66. The number of rotatable bonds is 5. The highest BCUT2D eigenvalue weighted by Gasteiger charge is 2.59. The number of methoxy groups -OCH3 is 3. The second-order valence-electron chi connectivity index (χ2n) is 6.63. The zero-order chi connectivity index (χ0) is 21.4. The van der Waals surface area contributed by atoms with Gasteiger partial charge < -0.3 is 14.2 Å². The first-order chi connectivity index (χ1) is 14.5. The van der Waals surface area contributed by atoms with E-state index in [1.165, 1.54) is 19.2 Å². The lowest BCUT2D eigenvalue weighted by molar-refractivity contribution is -0.133. The van der Waals surface area contributed by atoms with Gasteiger partial charge in [-0.15, -0.1) is 0 Å². The van der Waals surface area contributed by atoms with Crippen LogP contribution in [0.2, 0.25) is 0 Å². The molecule has 0 aliphatic carbocycles. The van der Waals surface area contributed by atoms with Crippen LogP contribution in [0.25, 0.3) is 0 Å². The van der Waals surface area contributed by atoms with E-state index in [0.717, 1.165) is 4.90 Å². The summed E-state index contributed by atoms with van der Waals surface area (Å²) < 4.78 is 15.3. The molecule has 4 rings (SSSR count). The van der Waals surface area contributed by atoms with Gasteiger partial charge in [0.05, 0.1) is 32.7 Å². The number of hydrogen-bond donors (Lipinski definition) is 0. The topological polar surface area (TPSA) is 97.7 Å². The Morgan fingerprint density at radius 3 is 2.27 bits per heavy atom.